The average molecular weight is 679 g/mol. The molecule has 1 aromatic heterocycles. The summed E-state index contributed by atoms with van der Waals surface area (Å²) in [6.45, 7) is 0. The Kier molecular flexibility index (Phi) is 7.51. The van der Waals surface area contributed by atoms with Crippen molar-refractivity contribution in [3.8, 4) is 27.9 Å². The number of hydrogen-bond acceptors (Lipinski definition) is 3. The van der Waals surface area contributed by atoms with Crippen molar-refractivity contribution in [3.05, 3.63) is 211 Å². The van der Waals surface area contributed by atoms with E-state index < -0.39 is 0 Å². The van der Waals surface area contributed by atoms with Crippen molar-refractivity contribution in [2.45, 2.75) is 6.17 Å². The van der Waals surface area contributed by atoms with E-state index in [1.54, 1.807) is 0 Å². The van der Waals surface area contributed by atoms with E-state index >= 15 is 0 Å². The van der Waals surface area contributed by atoms with Crippen molar-refractivity contribution in [1.29, 1.82) is 0 Å². The zero-order valence-corrected chi connectivity index (χ0v) is 28.9. The molecule has 0 saturated carbocycles. The van der Waals surface area contributed by atoms with Gasteiger partial charge in [0.25, 0.3) is 0 Å². The molecule has 10 rings (SSSR count). The minimum absolute atomic E-state index is 0.273. The van der Waals surface area contributed by atoms with Crippen LogP contribution in [0, 0.1) is 0 Å². The number of fused-ring (bicyclic) bond motifs is 4. The van der Waals surface area contributed by atoms with Crippen molar-refractivity contribution in [3.63, 3.8) is 0 Å². The smallest absolute Gasteiger partial charge is 0.159 e. The van der Waals surface area contributed by atoms with Crippen molar-refractivity contribution < 1.29 is 0 Å². The number of para-hydroxylation sites is 2. The first kappa shape index (κ1) is 30.8. The van der Waals surface area contributed by atoms with Gasteiger partial charge in [-0.3, -0.25) is 0 Å². The van der Waals surface area contributed by atoms with Gasteiger partial charge in [-0.1, -0.05) is 164 Å². The van der Waals surface area contributed by atoms with Gasteiger partial charge in [0, 0.05) is 27.6 Å². The summed E-state index contributed by atoms with van der Waals surface area (Å²) in [5.41, 5.74) is 11.3. The molecule has 0 fully saturated rings. The fourth-order valence-electron chi connectivity index (χ4n) is 7.66. The zero-order chi connectivity index (χ0) is 35.1. The van der Waals surface area contributed by atoms with E-state index in [0.29, 0.717) is 5.84 Å². The summed E-state index contributed by atoms with van der Waals surface area (Å²) >= 11 is 0. The van der Waals surface area contributed by atoms with Crippen molar-refractivity contribution >= 4 is 44.2 Å². The predicted octanol–water partition coefficient (Wildman–Crippen LogP) is 11.8. The van der Waals surface area contributed by atoms with Gasteiger partial charge < -0.3 is 9.88 Å². The molecule has 9 aromatic rings. The fraction of sp³-hybridized carbons (Fsp3) is 0.0204. The zero-order valence-electron chi connectivity index (χ0n) is 28.9. The molecular weight excluding hydrogens is 645 g/mol. The van der Waals surface area contributed by atoms with E-state index in [9.17, 15) is 0 Å². The molecule has 250 valence electrons. The van der Waals surface area contributed by atoms with Crippen LogP contribution in [0.2, 0.25) is 0 Å². The third-order valence-electron chi connectivity index (χ3n) is 10.3. The first-order valence-electron chi connectivity index (χ1n) is 18.0. The molecule has 1 aliphatic rings. The summed E-state index contributed by atoms with van der Waals surface area (Å²) in [4.78, 5) is 10.3. The highest BCUT2D eigenvalue weighted by molar-refractivity contribution is 6.13. The highest BCUT2D eigenvalue weighted by Crippen LogP contribution is 2.33. The first-order chi connectivity index (χ1) is 26.3. The molecule has 0 bridgehead atoms. The van der Waals surface area contributed by atoms with Crippen LogP contribution in [0.25, 0.3) is 60.5 Å². The Morgan fingerprint density at radius 3 is 1.77 bits per heavy atom. The number of nitrogens with one attached hydrogen (secondary N) is 1. The van der Waals surface area contributed by atoms with Gasteiger partial charge in [-0.15, -0.1) is 0 Å². The lowest BCUT2D eigenvalue weighted by Crippen LogP contribution is -2.33. The Hall–Kier alpha value is -7.04. The maximum absolute atomic E-state index is 5.14. The molecule has 4 nitrogen and oxygen atoms in total. The van der Waals surface area contributed by atoms with E-state index in [-0.39, 0.29) is 6.17 Å². The maximum atomic E-state index is 5.14. The first-order valence-corrected chi connectivity index (χ1v) is 18.0. The molecule has 0 radical (unpaired) electrons. The standard InChI is InChI=1S/C49H34N4/c1-2-13-36(14-3-1)47-50-48(37-26-24-35(25-27-37)42-21-11-15-34-12-4-5-18-41(34)42)52-49(51-47)39-17-10-16-38(32-39)33-28-30-40(31-29-33)53-45-22-8-6-19-43(45)44-20-7-9-23-46(44)53/h1-32,47H,(H,50,51,52). The number of aromatic nitrogens is 1. The summed E-state index contributed by atoms with van der Waals surface area (Å²) in [6, 6.07) is 68.7. The van der Waals surface area contributed by atoms with Gasteiger partial charge in [-0.2, -0.15) is 0 Å². The third-order valence-corrected chi connectivity index (χ3v) is 10.3. The molecule has 8 aromatic carbocycles. The lowest BCUT2D eigenvalue weighted by Gasteiger charge is -2.24. The monoisotopic (exact) mass is 678 g/mol. The number of aliphatic imine (C=N–C) groups is 2. The highest BCUT2D eigenvalue weighted by Gasteiger charge is 2.21. The minimum atomic E-state index is -0.273. The van der Waals surface area contributed by atoms with Crippen LogP contribution in [0.15, 0.2) is 204 Å². The van der Waals surface area contributed by atoms with Crippen LogP contribution in [0.1, 0.15) is 22.9 Å². The minimum Gasteiger partial charge on any atom is -0.344 e. The molecule has 2 heterocycles. The molecule has 0 spiro atoms. The van der Waals surface area contributed by atoms with Crippen LogP contribution in [-0.4, -0.2) is 16.2 Å². The summed E-state index contributed by atoms with van der Waals surface area (Å²) in [5.74, 6) is 1.50. The Balaban J connectivity index is 0.996. The van der Waals surface area contributed by atoms with Gasteiger partial charge in [0.05, 0.1) is 11.0 Å². The molecule has 4 heteroatoms. The molecule has 53 heavy (non-hydrogen) atoms. The van der Waals surface area contributed by atoms with Crippen LogP contribution >= 0.6 is 0 Å². The Bertz CT molecular complexity index is 2790. The second-order valence-corrected chi connectivity index (χ2v) is 13.5. The lowest BCUT2D eigenvalue weighted by molar-refractivity contribution is 0.674. The van der Waals surface area contributed by atoms with Crippen molar-refractivity contribution in [1.82, 2.24) is 9.88 Å². The van der Waals surface area contributed by atoms with Gasteiger partial charge in [0.15, 0.2) is 5.84 Å². The summed E-state index contributed by atoms with van der Waals surface area (Å²) in [6.07, 6.45) is -0.273. The van der Waals surface area contributed by atoms with E-state index in [1.807, 2.05) is 6.07 Å². The number of hydrogen-bond donors (Lipinski definition) is 1. The Labute approximate surface area is 308 Å². The van der Waals surface area contributed by atoms with Crippen molar-refractivity contribution in [2.24, 2.45) is 9.98 Å². The topological polar surface area (TPSA) is 41.7 Å². The number of nitrogens with zero attached hydrogens (tertiary/aromatic N) is 3. The van der Waals surface area contributed by atoms with Gasteiger partial charge in [0.2, 0.25) is 0 Å². The lowest BCUT2D eigenvalue weighted by atomic mass is 9.97. The second-order valence-electron chi connectivity index (χ2n) is 13.5. The summed E-state index contributed by atoms with van der Waals surface area (Å²) in [7, 11) is 0. The number of rotatable bonds is 6. The van der Waals surface area contributed by atoms with Crippen LogP contribution < -0.4 is 5.32 Å². The second kappa shape index (κ2) is 12.9. The van der Waals surface area contributed by atoms with E-state index in [4.69, 9.17) is 9.98 Å². The van der Waals surface area contributed by atoms with Gasteiger partial charge in [-0.25, -0.2) is 9.98 Å². The van der Waals surface area contributed by atoms with Crippen LogP contribution in [0.3, 0.4) is 0 Å². The SMILES string of the molecule is c1ccc(C2N=C(c3ccc(-c4cccc5ccccc45)cc3)N=C(c3cccc(-c4ccc(-n5c6ccccc6c6ccccc65)cc4)c3)N2)cc1. The van der Waals surface area contributed by atoms with Gasteiger partial charge in [-0.05, 0) is 68.9 Å². The highest BCUT2D eigenvalue weighted by atomic mass is 15.2. The normalized spacial score (nSPS) is 14.2. The molecule has 1 unspecified atom stereocenters. The van der Waals surface area contributed by atoms with E-state index in [1.165, 1.54) is 43.7 Å². The molecule has 1 atom stereocenters. The van der Waals surface area contributed by atoms with Crippen LogP contribution in [-0.2, 0) is 0 Å². The van der Waals surface area contributed by atoms with Crippen LogP contribution in [0.5, 0.6) is 0 Å². The fourth-order valence-corrected chi connectivity index (χ4v) is 7.66. The quantitative estimate of drug-likeness (QED) is 0.187. The van der Waals surface area contributed by atoms with Crippen LogP contribution in [0.4, 0.5) is 0 Å². The predicted molar refractivity (Wildman–Crippen MR) is 221 cm³/mol. The average Bonchev–Trinajstić information content (AvgIpc) is 3.58. The largest absolute Gasteiger partial charge is 0.344 e. The van der Waals surface area contributed by atoms with E-state index in [0.717, 1.165) is 39.3 Å². The molecular formula is C49H34N4. The maximum Gasteiger partial charge on any atom is 0.159 e. The Morgan fingerprint density at radius 2 is 1.02 bits per heavy atom. The van der Waals surface area contributed by atoms with E-state index in [2.05, 4.69) is 198 Å². The van der Waals surface area contributed by atoms with Gasteiger partial charge in [0.1, 0.15) is 12.0 Å². The van der Waals surface area contributed by atoms with Gasteiger partial charge >= 0.3 is 0 Å². The summed E-state index contributed by atoms with van der Waals surface area (Å²) < 4.78 is 2.35. The third kappa shape index (κ3) is 5.58. The Morgan fingerprint density at radius 1 is 0.434 bits per heavy atom. The summed E-state index contributed by atoms with van der Waals surface area (Å²) in [5, 5.41) is 8.64. The molecule has 1 aliphatic heterocycles. The molecule has 0 amide bonds. The molecule has 1 N–H and O–H groups in total. The van der Waals surface area contributed by atoms with Crippen molar-refractivity contribution in [2.75, 3.05) is 0 Å². The molecule has 0 saturated heterocycles. The number of benzene rings is 8. The molecule has 0 aliphatic carbocycles. The number of amidine groups is 2.